The summed E-state index contributed by atoms with van der Waals surface area (Å²) in [7, 11) is 1.12. The van der Waals surface area contributed by atoms with E-state index in [2.05, 4.69) is 0 Å². The molecular formula is C33H38O11. The molecule has 1 unspecified atom stereocenters. The maximum Gasteiger partial charge on any atom is 0.323 e. The number of allylic oxidation sites excluding steroid dienone is 3. The number of epoxide rings is 1. The molecule has 0 amide bonds. The molecule has 1 aliphatic heterocycles. The van der Waals surface area contributed by atoms with Crippen LogP contribution < -0.4 is 0 Å². The van der Waals surface area contributed by atoms with Crippen molar-refractivity contribution in [1.29, 1.82) is 0 Å². The van der Waals surface area contributed by atoms with E-state index in [0.29, 0.717) is 6.42 Å². The van der Waals surface area contributed by atoms with Crippen LogP contribution in [0, 0.1) is 33.5 Å². The Kier molecular flexibility index (Phi) is 6.30. The van der Waals surface area contributed by atoms with Gasteiger partial charge in [-0.2, -0.15) is 0 Å². The van der Waals surface area contributed by atoms with Crippen molar-refractivity contribution in [2.45, 2.75) is 84.7 Å². The van der Waals surface area contributed by atoms with Gasteiger partial charge in [-0.25, -0.2) is 0 Å². The molecule has 5 aliphatic rings. The number of furan rings is 1. The first-order valence-corrected chi connectivity index (χ1v) is 14.9. The molecule has 1 saturated heterocycles. The number of rotatable bonds is 5. The highest BCUT2D eigenvalue weighted by molar-refractivity contribution is 6.15. The zero-order valence-corrected chi connectivity index (χ0v) is 26.1. The van der Waals surface area contributed by atoms with Crippen LogP contribution in [0.1, 0.15) is 66.4 Å². The SMILES string of the molecule is COC(=O)[C@@]1(C)C(=O)C=C[C@@]2(C)C1=C(O)C(=O)[C@]1(C)C2[C@@H](OC(C)=O)[C@H](OC(=O)C(C)C)[C@@]2(C)[C@H](c3ccoc3)C[C@H]3O[C@]321. The molecular weight excluding hydrogens is 572 g/mol. The summed E-state index contributed by atoms with van der Waals surface area (Å²) < 4.78 is 29.5. The lowest BCUT2D eigenvalue weighted by Gasteiger charge is -2.65. The Morgan fingerprint density at radius 1 is 1.09 bits per heavy atom. The average molecular weight is 611 g/mol. The molecule has 3 fully saturated rings. The predicted molar refractivity (Wildman–Crippen MR) is 151 cm³/mol. The average Bonchev–Trinajstić information content (AvgIpc) is 3.32. The fourth-order valence-electron chi connectivity index (χ4n) is 9.75. The van der Waals surface area contributed by atoms with Gasteiger partial charge in [-0.1, -0.05) is 33.8 Å². The highest BCUT2D eigenvalue weighted by atomic mass is 16.6. The Bertz CT molecular complexity index is 1550. The Morgan fingerprint density at radius 3 is 2.34 bits per heavy atom. The molecule has 6 rings (SSSR count). The number of carbonyl (C=O) groups excluding carboxylic acids is 5. The number of methoxy groups -OCH3 is 1. The number of hydrogen-bond donors (Lipinski definition) is 1. The van der Waals surface area contributed by atoms with Crippen LogP contribution in [0.5, 0.6) is 0 Å². The van der Waals surface area contributed by atoms with E-state index in [4.69, 9.17) is 23.4 Å². The van der Waals surface area contributed by atoms with Gasteiger partial charge in [-0.3, -0.25) is 24.0 Å². The molecule has 0 aromatic carbocycles. The zero-order valence-electron chi connectivity index (χ0n) is 26.1. The van der Waals surface area contributed by atoms with Crippen molar-refractivity contribution in [3.05, 3.63) is 47.6 Å². The fraction of sp³-hybridized carbons (Fsp3) is 0.606. The Labute approximate surface area is 254 Å². The molecule has 1 spiro atoms. The fourth-order valence-corrected chi connectivity index (χ4v) is 9.75. The molecule has 11 nitrogen and oxygen atoms in total. The van der Waals surface area contributed by atoms with Gasteiger partial charge in [0.25, 0.3) is 0 Å². The van der Waals surface area contributed by atoms with Gasteiger partial charge in [0.15, 0.2) is 17.0 Å². The van der Waals surface area contributed by atoms with Gasteiger partial charge in [0.05, 0.1) is 37.1 Å². The molecule has 44 heavy (non-hydrogen) atoms. The first kappa shape index (κ1) is 30.3. The van der Waals surface area contributed by atoms with E-state index in [-0.39, 0.29) is 11.5 Å². The van der Waals surface area contributed by atoms with E-state index in [1.165, 1.54) is 32.3 Å². The number of Topliss-reactive ketones (excluding diaryl/α,β-unsaturated/α-hetero) is 1. The number of hydrogen-bond acceptors (Lipinski definition) is 11. The first-order valence-electron chi connectivity index (χ1n) is 14.9. The van der Waals surface area contributed by atoms with Crippen molar-refractivity contribution in [2.75, 3.05) is 7.11 Å². The van der Waals surface area contributed by atoms with Crippen molar-refractivity contribution in [2.24, 2.45) is 33.5 Å². The van der Waals surface area contributed by atoms with Crippen LogP contribution in [0.2, 0.25) is 0 Å². The predicted octanol–water partition coefficient (Wildman–Crippen LogP) is 3.77. The third kappa shape index (κ3) is 3.23. The summed E-state index contributed by atoms with van der Waals surface area (Å²) in [4.78, 5) is 67.8. The Balaban J connectivity index is 1.69. The minimum absolute atomic E-state index is 0.149. The summed E-state index contributed by atoms with van der Waals surface area (Å²) in [5, 5.41) is 11.9. The Hall–Kier alpha value is -3.73. The quantitative estimate of drug-likeness (QED) is 0.224. The van der Waals surface area contributed by atoms with Crippen LogP contribution in [-0.2, 0) is 42.9 Å². The molecule has 2 saturated carbocycles. The summed E-state index contributed by atoms with van der Waals surface area (Å²) in [6.45, 7) is 11.2. The Morgan fingerprint density at radius 2 is 1.77 bits per heavy atom. The van der Waals surface area contributed by atoms with Gasteiger partial charge >= 0.3 is 17.9 Å². The molecule has 4 aliphatic carbocycles. The molecule has 1 aromatic rings. The molecule has 236 valence electrons. The van der Waals surface area contributed by atoms with Gasteiger partial charge in [0, 0.05) is 35.2 Å². The van der Waals surface area contributed by atoms with Crippen molar-refractivity contribution >= 4 is 29.5 Å². The number of ether oxygens (including phenoxy) is 4. The standard InChI is InChI=1S/C33H38O11/c1-15(2)27(38)43-26-22(42-16(3)34)24-29(4)11-9-19(35)30(5,28(39)40-8)23(29)21(36)25(37)32(24,7)33-20(44-33)13-18(31(26,33)6)17-10-12-41-14-17/h9-12,14-15,18,20,22,24,26,36H,13H2,1-8H3/t18-,20+,22+,24?,26-,29-,30-,31+,32-,33+/m0/s1. The van der Waals surface area contributed by atoms with Crippen molar-refractivity contribution < 1.29 is 52.4 Å². The van der Waals surface area contributed by atoms with E-state index in [9.17, 15) is 29.1 Å². The van der Waals surface area contributed by atoms with Gasteiger partial charge in [-0.05, 0) is 38.0 Å². The van der Waals surface area contributed by atoms with E-state index in [1.54, 1.807) is 34.0 Å². The zero-order chi connectivity index (χ0) is 32.4. The molecule has 10 atom stereocenters. The summed E-state index contributed by atoms with van der Waals surface area (Å²) in [6.07, 6.45) is 3.48. The maximum absolute atomic E-state index is 14.8. The third-order valence-electron chi connectivity index (χ3n) is 11.5. The summed E-state index contributed by atoms with van der Waals surface area (Å²) in [5.41, 5.74) is -6.86. The van der Waals surface area contributed by atoms with Gasteiger partial charge in [0.1, 0.15) is 17.8 Å². The van der Waals surface area contributed by atoms with Gasteiger partial charge < -0.3 is 28.5 Å². The van der Waals surface area contributed by atoms with E-state index >= 15 is 0 Å². The first-order chi connectivity index (χ1) is 20.5. The smallest absolute Gasteiger partial charge is 0.323 e. The molecule has 1 N–H and O–H groups in total. The van der Waals surface area contributed by atoms with Crippen molar-refractivity contribution in [3.8, 4) is 0 Å². The molecule has 0 radical (unpaired) electrons. The molecule has 1 aromatic heterocycles. The number of carbonyl (C=O) groups is 5. The highest BCUT2D eigenvalue weighted by Gasteiger charge is 2.92. The lowest BCUT2D eigenvalue weighted by molar-refractivity contribution is -0.249. The number of fused-ring (bicyclic) bond motifs is 3. The second-order valence-corrected chi connectivity index (χ2v) is 13.9. The monoisotopic (exact) mass is 610 g/mol. The third-order valence-corrected chi connectivity index (χ3v) is 11.5. The second kappa shape index (κ2) is 9.15. The molecule has 11 heteroatoms. The summed E-state index contributed by atoms with van der Waals surface area (Å²) in [5.74, 6) is -6.26. The van der Waals surface area contributed by atoms with E-state index in [1.807, 2.05) is 13.0 Å². The lowest BCUT2D eigenvalue weighted by atomic mass is 9.38. The van der Waals surface area contributed by atoms with Gasteiger partial charge in [0.2, 0.25) is 5.78 Å². The van der Waals surface area contributed by atoms with E-state index in [0.717, 1.165) is 12.7 Å². The molecule has 0 bridgehead atoms. The van der Waals surface area contributed by atoms with Crippen LogP contribution in [-0.4, -0.2) is 65.6 Å². The van der Waals surface area contributed by atoms with Crippen LogP contribution in [0.25, 0.3) is 0 Å². The minimum Gasteiger partial charge on any atom is -0.504 e. The number of ketones is 2. The molecule has 2 heterocycles. The van der Waals surface area contributed by atoms with Crippen LogP contribution >= 0.6 is 0 Å². The van der Waals surface area contributed by atoms with Crippen LogP contribution in [0.4, 0.5) is 0 Å². The number of esters is 3. The van der Waals surface area contributed by atoms with Crippen LogP contribution in [0.15, 0.2) is 46.5 Å². The van der Waals surface area contributed by atoms with Gasteiger partial charge in [-0.15, -0.1) is 0 Å². The largest absolute Gasteiger partial charge is 0.504 e. The lowest BCUT2D eigenvalue weighted by Crippen LogP contribution is -2.76. The van der Waals surface area contributed by atoms with Crippen molar-refractivity contribution in [1.82, 2.24) is 0 Å². The van der Waals surface area contributed by atoms with Crippen molar-refractivity contribution in [3.63, 3.8) is 0 Å². The summed E-state index contributed by atoms with van der Waals surface area (Å²) >= 11 is 0. The van der Waals surface area contributed by atoms with Crippen LogP contribution in [0.3, 0.4) is 0 Å². The minimum atomic E-state index is -2.05. The highest BCUT2D eigenvalue weighted by Crippen LogP contribution is 2.82. The number of aliphatic hydroxyl groups is 1. The normalized spacial score (nSPS) is 43.5. The number of aliphatic hydroxyl groups excluding tert-OH is 1. The summed E-state index contributed by atoms with van der Waals surface area (Å²) in [6, 6.07) is 1.81. The second-order valence-electron chi connectivity index (χ2n) is 13.9. The maximum atomic E-state index is 14.8. The topological polar surface area (TPSA) is 159 Å². The van der Waals surface area contributed by atoms with E-state index < -0.39 is 92.6 Å².